The van der Waals surface area contributed by atoms with Gasteiger partial charge < -0.3 is 5.11 Å². The third kappa shape index (κ3) is 3.76. The third-order valence-electron chi connectivity index (χ3n) is 3.53. The molecule has 2 N–H and O–H groups in total. The number of carbonyl (C=O) groups is 1. The van der Waals surface area contributed by atoms with Crippen LogP contribution in [-0.2, 0) is 14.8 Å². The maximum absolute atomic E-state index is 13.6. The molecule has 0 bridgehead atoms. The van der Waals surface area contributed by atoms with Crippen LogP contribution in [0.2, 0.25) is 0 Å². The van der Waals surface area contributed by atoms with Gasteiger partial charge in [0.1, 0.15) is 16.5 Å². The largest absolute Gasteiger partial charge is 0.481 e. The molecule has 116 valence electrons. The number of halogens is 2. The molecule has 2 rings (SSSR count). The molecule has 1 fully saturated rings. The highest BCUT2D eigenvalue weighted by molar-refractivity contribution is 7.89. The number of nitrogens with one attached hydrogen (secondary N) is 1. The first-order valence-electron chi connectivity index (χ1n) is 6.50. The molecule has 21 heavy (non-hydrogen) atoms. The first kappa shape index (κ1) is 15.8. The zero-order valence-electron chi connectivity index (χ0n) is 11.1. The quantitative estimate of drug-likeness (QED) is 0.887. The minimum atomic E-state index is -4.14. The predicted octanol–water partition coefficient (Wildman–Crippen LogP) is 1.89. The predicted molar refractivity (Wildman–Crippen MR) is 70.1 cm³/mol. The van der Waals surface area contributed by atoms with E-state index < -0.39 is 44.5 Å². The summed E-state index contributed by atoms with van der Waals surface area (Å²) in [7, 11) is -4.14. The Morgan fingerprint density at radius 2 is 2.00 bits per heavy atom. The van der Waals surface area contributed by atoms with Crippen LogP contribution in [0.1, 0.15) is 25.7 Å². The number of hydrogen-bond acceptors (Lipinski definition) is 3. The Morgan fingerprint density at radius 1 is 1.29 bits per heavy atom. The average Bonchev–Trinajstić information content (AvgIpc) is 2.37. The van der Waals surface area contributed by atoms with E-state index in [0.29, 0.717) is 25.3 Å². The summed E-state index contributed by atoms with van der Waals surface area (Å²) in [6.45, 7) is 0. The molecule has 1 aromatic rings. The second kappa shape index (κ2) is 6.07. The van der Waals surface area contributed by atoms with Gasteiger partial charge in [-0.1, -0.05) is 6.42 Å². The molecule has 8 heteroatoms. The zero-order chi connectivity index (χ0) is 15.6. The third-order valence-corrected chi connectivity index (χ3v) is 5.08. The fourth-order valence-electron chi connectivity index (χ4n) is 2.50. The van der Waals surface area contributed by atoms with E-state index in [9.17, 15) is 22.0 Å². The van der Waals surface area contributed by atoms with Crippen LogP contribution >= 0.6 is 0 Å². The van der Waals surface area contributed by atoms with Crippen molar-refractivity contribution in [2.75, 3.05) is 0 Å². The van der Waals surface area contributed by atoms with Crippen molar-refractivity contribution in [1.29, 1.82) is 0 Å². The monoisotopic (exact) mass is 319 g/mol. The summed E-state index contributed by atoms with van der Waals surface area (Å²) in [5, 5.41) is 8.97. The van der Waals surface area contributed by atoms with E-state index in [1.54, 1.807) is 0 Å². The van der Waals surface area contributed by atoms with Gasteiger partial charge in [0, 0.05) is 12.1 Å². The molecule has 1 aliphatic carbocycles. The van der Waals surface area contributed by atoms with Gasteiger partial charge in [0.15, 0.2) is 0 Å². The van der Waals surface area contributed by atoms with Crippen molar-refractivity contribution in [2.24, 2.45) is 5.92 Å². The van der Waals surface area contributed by atoms with Gasteiger partial charge in [0.25, 0.3) is 0 Å². The molecule has 1 aliphatic rings. The molecule has 0 saturated heterocycles. The van der Waals surface area contributed by atoms with E-state index in [1.165, 1.54) is 0 Å². The normalized spacial score (nSPS) is 23.0. The lowest BCUT2D eigenvalue weighted by Crippen LogP contribution is -2.40. The first-order chi connectivity index (χ1) is 9.79. The first-order valence-corrected chi connectivity index (χ1v) is 7.98. The molecular weight excluding hydrogens is 304 g/mol. The number of aliphatic carboxylic acids is 1. The number of benzene rings is 1. The molecular formula is C13H15F2NO4S. The van der Waals surface area contributed by atoms with E-state index in [-0.39, 0.29) is 6.42 Å². The van der Waals surface area contributed by atoms with Gasteiger partial charge in [-0.25, -0.2) is 21.9 Å². The van der Waals surface area contributed by atoms with Gasteiger partial charge >= 0.3 is 5.97 Å². The number of sulfonamides is 1. The SMILES string of the molecule is O=C(O)C1CCCC(NS(=O)(=O)c2ccc(F)cc2F)C1. The second-order valence-electron chi connectivity index (χ2n) is 5.09. The van der Waals surface area contributed by atoms with E-state index in [2.05, 4.69) is 4.72 Å². The lowest BCUT2D eigenvalue weighted by atomic mass is 9.86. The molecule has 0 aliphatic heterocycles. The maximum atomic E-state index is 13.6. The zero-order valence-corrected chi connectivity index (χ0v) is 11.9. The van der Waals surface area contributed by atoms with E-state index in [1.807, 2.05) is 0 Å². The Labute approximate surface area is 121 Å². The maximum Gasteiger partial charge on any atom is 0.306 e. The van der Waals surface area contributed by atoms with Crippen LogP contribution in [-0.4, -0.2) is 25.5 Å². The molecule has 0 heterocycles. The molecule has 2 unspecified atom stereocenters. The highest BCUT2D eigenvalue weighted by Crippen LogP contribution is 2.26. The molecule has 0 spiro atoms. The second-order valence-corrected chi connectivity index (χ2v) is 6.78. The van der Waals surface area contributed by atoms with Gasteiger partial charge in [0.05, 0.1) is 5.92 Å². The molecule has 1 saturated carbocycles. The van der Waals surface area contributed by atoms with Crippen molar-refractivity contribution in [3.63, 3.8) is 0 Å². The highest BCUT2D eigenvalue weighted by Gasteiger charge is 2.30. The standard InChI is InChI=1S/C13H15F2NO4S/c14-9-4-5-12(11(15)7-9)21(19,20)16-10-3-1-2-8(6-10)13(17)18/h4-5,7-8,10,16H,1-3,6H2,(H,17,18). The summed E-state index contributed by atoms with van der Waals surface area (Å²) >= 11 is 0. The van der Waals surface area contributed by atoms with Crippen molar-refractivity contribution in [1.82, 2.24) is 4.72 Å². The Hall–Kier alpha value is -1.54. The Balaban J connectivity index is 2.15. The van der Waals surface area contributed by atoms with Crippen molar-refractivity contribution in [3.05, 3.63) is 29.8 Å². The molecule has 1 aromatic carbocycles. The fraction of sp³-hybridized carbons (Fsp3) is 0.462. The van der Waals surface area contributed by atoms with Gasteiger partial charge in [0.2, 0.25) is 10.0 Å². The smallest absolute Gasteiger partial charge is 0.306 e. The molecule has 5 nitrogen and oxygen atoms in total. The van der Waals surface area contributed by atoms with Crippen molar-refractivity contribution < 1.29 is 27.1 Å². The summed E-state index contributed by atoms with van der Waals surface area (Å²) in [5.41, 5.74) is 0. The van der Waals surface area contributed by atoms with Crippen molar-refractivity contribution in [2.45, 2.75) is 36.6 Å². The summed E-state index contributed by atoms with van der Waals surface area (Å²) < 4.78 is 52.8. The van der Waals surface area contributed by atoms with Crippen molar-refractivity contribution >= 4 is 16.0 Å². The number of carboxylic acid groups (broad SMARTS) is 1. The average molecular weight is 319 g/mol. The highest BCUT2D eigenvalue weighted by atomic mass is 32.2. The van der Waals surface area contributed by atoms with Gasteiger partial charge in [-0.15, -0.1) is 0 Å². The lowest BCUT2D eigenvalue weighted by Gasteiger charge is -2.27. The Kier molecular flexibility index (Phi) is 4.58. The van der Waals surface area contributed by atoms with E-state index >= 15 is 0 Å². The summed E-state index contributed by atoms with van der Waals surface area (Å²) in [6.07, 6.45) is 1.73. The number of hydrogen-bond donors (Lipinski definition) is 2. The number of rotatable bonds is 4. The Bertz CT molecular complexity index is 648. The van der Waals surface area contributed by atoms with Gasteiger partial charge in [-0.05, 0) is 31.4 Å². The van der Waals surface area contributed by atoms with E-state index in [0.717, 1.165) is 12.1 Å². The summed E-state index contributed by atoms with van der Waals surface area (Å²) in [6, 6.07) is 1.65. The number of carboxylic acids is 1. The Morgan fingerprint density at radius 3 is 2.62 bits per heavy atom. The van der Waals surface area contributed by atoms with Crippen LogP contribution < -0.4 is 4.72 Å². The van der Waals surface area contributed by atoms with Gasteiger partial charge in [-0.2, -0.15) is 0 Å². The van der Waals surface area contributed by atoms with Crippen molar-refractivity contribution in [3.8, 4) is 0 Å². The fourth-order valence-corrected chi connectivity index (χ4v) is 3.84. The molecule has 2 atom stereocenters. The summed E-state index contributed by atoms with van der Waals surface area (Å²) in [4.78, 5) is 10.3. The topological polar surface area (TPSA) is 83.5 Å². The minimum absolute atomic E-state index is 0.164. The van der Waals surface area contributed by atoms with Crippen LogP contribution in [0.5, 0.6) is 0 Å². The van der Waals surface area contributed by atoms with Gasteiger partial charge in [-0.3, -0.25) is 4.79 Å². The van der Waals surface area contributed by atoms with E-state index in [4.69, 9.17) is 5.11 Å². The molecule has 0 radical (unpaired) electrons. The molecule has 0 aromatic heterocycles. The lowest BCUT2D eigenvalue weighted by molar-refractivity contribution is -0.143. The van der Waals surface area contributed by atoms with Crippen LogP contribution in [0.15, 0.2) is 23.1 Å². The van der Waals surface area contributed by atoms with Crippen LogP contribution in [0.4, 0.5) is 8.78 Å². The van der Waals surface area contributed by atoms with Crippen LogP contribution in [0, 0.1) is 17.6 Å². The van der Waals surface area contributed by atoms with Crippen LogP contribution in [0.25, 0.3) is 0 Å². The van der Waals surface area contributed by atoms with Crippen LogP contribution in [0.3, 0.4) is 0 Å². The minimum Gasteiger partial charge on any atom is -0.481 e. The summed E-state index contributed by atoms with van der Waals surface area (Å²) in [5.74, 6) is -3.61. The molecule has 0 amide bonds.